The van der Waals surface area contributed by atoms with Crippen molar-refractivity contribution in [2.75, 3.05) is 0 Å². The van der Waals surface area contributed by atoms with Crippen LogP contribution in [0.4, 0.5) is 0 Å². The topological polar surface area (TPSA) is 57.2 Å². The average Bonchev–Trinajstić information content (AvgIpc) is 2.91. The summed E-state index contributed by atoms with van der Waals surface area (Å²) in [7, 11) is 0. The van der Waals surface area contributed by atoms with Crippen molar-refractivity contribution >= 4 is 39.0 Å². The maximum atomic E-state index is 11.8. The van der Waals surface area contributed by atoms with Crippen LogP contribution < -0.4 is 5.43 Å². The van der Waals surface area contributed by atoms with Crippen molar-refractivity contribution in [3.05, 3.63) is 70.3 Å². The van der Waals surface area contributed by atoms with Gasteiger partial charge in [0.25, 0.3) is 0 Å². The van der Waals surface area contributed by atoms with Gasteiger partial charge in [0, 0.05) is 27.1 Å². The van der Waals surface area contributed by atoms with E-state index in [4.69, 9.17) is 0 Å². The number of benzene rings is 2. The highest BCUT2D eigenvalue weighted by molar-refractivity contribution is 9.10. The van der Waals surface area contributed by atoms with Gasteiger partial charge in [-0.05, 0) is 23.8 Å². The molecule has 0 saturated heterocycles. The smallest absolute Gasteiger partial charge is 0.244 e. The number of hydrazone groups is 1. The molecule has 0 aliphatic rings. The molecule has 0 atom stereocenters. The van der Waals surface area contributed by atoms with Crippen LogP contribution in [0.3, 0.4) is 0 Å². The van der Waals surface area contributed by atoms with Gasteiger partial charge in [-0.1, -0.05) is 46.3 Å². The van der Waals surface area contributed by atoms with Gasteiger partial charge in [0.05, 0.1) is 12.6 Å². The highest BCUT2D eigenvalue weighted by Crippen LogP contribution is 2.21. The second kappa shape index (κ2) is 6.58. The number of carbonyl (C=O) groups excluding carboxylic acids is 1. The zero-order chi connectivity index (χ0) is 15.4. The molecule has 2 N–H and O–H groups in total. The van der Waals surface area contributed by atoms with Gasteiger partial charge >= 0.3 is 0 Å². The van der Waals surface area contributed by atoms with Crippen molar-refractivity contribution in [2.24, 2.45) is 5.10 Å². The van der Waals surface area contributed by atoms with Gasteiger partial charge in [-0.15, -0.1) is 0 Å². The van der Waals surface area contributed by atoms with Gasteiger partial charge in [0.2, 0.25) is 5.91 Å². The molecular formula is C17H14BrN3O. The van der Waals surface area contributed by atoms with Gasteiger partial charge in [-0.25, -0.2) is 5.43 Å². The van der Waals surface area contributed by atoms with E-state index in [0.29, 0.717) is 6.42 Å². The van der Waals surface area contributed by atoms with E-state index in [-0.39, 0.29) is 5.91 Å². The molecule has 22 heavy (non-hydrogen) atoms. The molecule has 0 radical (unpaired) electrons. The number of nitrogens with zero attached hydrogens (tertiary/aromatic N) is 1. The Labute approximate surface area is 136 Å². The number of H-pyrrole nitrogens is 1. The molecule has 0 saturated carbocycles. The van der Waals surface area contributed by atoms with E-state index in [9.17, 15) is 4.79 Å². The number of halogens is 1. The summed E-state index contributed by atoms with van der Waals surface area (Å²) >= 11 is 3.45. The molecule has 1 heterocycles. The average molecular weight is 356 g/mol. The summed E-state index contributed by atoms with van der Waals surface area (Å²) in [4.78, 5) is 15.0. The SMILES string of the molecule is O=C(Cc1ccccc1)N/N=C\c1c[nH]c2ccc(Br)cc12. The summed E-state index contributed by atoms with van der Waals surface area (Å²) < 4.78 is 1.00. The lowest BCUT2D eigenvalue weighted by molar-refractivity contribution is -0.120. The molecule has 3 rings (SSSR count). The quantitative estimate of drug-likeness (QED) is 0.544. The second-order valence-electron chi connectivity index (χ2n) is 4.89. The van der Waals surface area contributed by atoms with Gasteiger partial charge in [0.15, 0.2) is 0 Å². The number of amides is 1. The third-order valence-corrected chi connectivity index (χ3v) is 3.77. The van der Waals surface area contributed by atoms with Crippen molar-refractivity contribution in [3.8, 4) is 0 Å². The van der Waals surface area contributed by atoms with E-state index in [1.54, 1.807) is 6.21 Å². The molecule has 0 bridgehead atoms. The van der Waals surface area contributed by atoms with Crippen molar-refractivity contribution < 1.29 is 4.79 Å². The van der Waals surface area contributed by atoms with Crippen LogP contribution in [-0.2, 0) is 11.2 Å². The highest BCUT2D eigenvalue weighted by atomic mass is 79.9. The first kappa shape index (κ1) is 14.5. The summed E-state index contributed by atoms with van der Waals surface area (Å²) in [6.45, 7) is 0. The van der Waals surface area contributed by atoms with Crippen molar-refractivity contribution in [1.82, 2.24) is 10.4 Å². The van der Waals surface area contributed by atoms with Crippen LogP contribution in [-0.4, -0.2) is 17.1 Å². The number of fused-ring (bicyclic) bond motifs is 1. The summed E-state index contributed by atoms with van der Waals surface area (Å²) in [5, 5.41) is 5.08. The number of hydrogen-bond donors (Lipinski definition) is 2. The van der Waals surface area contributed by atoms with Crippen LogP contribution in [0.15, 0.2) is 64.3 Å². The number of rotatable bonds is 4. The van der Waals surface area contributed by atoms with Crippen LogP contribution in [0.1, 0.15) is 11.1 Å². The summed E-state index contributed by atoms with van der Waals surface area (Å²) in [6, 6.07) is 15.6. The molecule has 5 heteroatoms. The third kappa shape index (κ3) is 3.43. The van der Waals surface area contributed by atoms with Crippen LogP contribution >= 0.6 is 15.9 Å². The van der Waals surface area contributed by atoms with Crippen LogP contribution in [0.5, 0.6) is 0 Å². The van der Waals surface area contributed by atoms with E-state index < -0.39 is 0 Å². The van der Waals surface area contributed by atoms with Crippen molar-refractivity contribution in [2.45, 2.75) is 6.42 Å². The Hall–Kier alpha value is -2.40. The maximum absolute atomic E-state index is 11.8. The number of aromatic nitrogens is 1. The summed E-state index contributed by atoms with van der Waals surface area (Å²) in [5.74, 6) is -0.136. The zero-order valence-corrected chi connectivity index (χ0v) is 13.3. The van der Waals surface area contributed by atoms with Gasteiger partial charge in [-0.3, -0.25) is 4.79 Å². The first-order chi connectivity index (χ1) is 10.7. The fourth-order valence-corrected chi connectivity index (χ4v) is 2.58. The third-order valence-electron chi connectivity index (χ3n) is 3.28. The fraction of sp³-hybridized carbons (Fsp3) is 0.0588. The van der Waals surface area contributed by atoms with E-state index >= 15 is 0 Å². The minimum absolute atomic E-state index is 0.136. The molecule has 4 nitrogen and oxygen atoms in total. The molecular weight excluding hydrogens is 342 g/mol. The van der Waals surface area contributed by atoms with E-state index in [2.05, 4.69) is 31.4 Å². The summed E-state index contributed by atoms with van der Waals surface area (Å²) in [5.41, 5.74) is 5.47. The molecule has 2 aromatic carbocycles. The molecule has 0 spiro atoms. The van der Waals surface area contributed by atoms with Gasteiger partial charge in [-0.2, -0.15) is 5.10 Å². The van der Waals surface area contributed by atoms with Crippen LogP contribution in [0, 0.1) is 0 Å². The Balaban J connectivity index is 1.66. The standard InChI is InChI=1S/C17H14BrN3O/c18-14-6-7-16-15(9-14)13(10-19-16)11-20-21-17(22)8-12-4-2-1-3-5-12/h1-7,9-11,19H,8H2,(H,21,22)/b20-11-. The van der Waals surface area contributed by atoms with Gasteiger partial charge < -0.3 is 4.98 Å². The van der Waals surface area contributed by atoms with Crippen molar-refractivity contribution in [3.63, 3.8) is 0 Å². The van der Waals surface area contributed by atoms with Gasteiger partial charge in [0.1, 0.15) is 0 Å². The van der Waals surface area contributed by atoms with Crippen LogP contribution in [0.2, 0.25) is 0 Å². The monoisotopic (exact) mass is 355 g/mol. The predicted octanol–water partition coefficient (Wildman–Crippen LogP) is 3.62. The molecule has 0 fully saturated rings. The van der Waals surface area contributed by atoms with Crippen molar-refractivity contribution in [1.29, 1.82) is 0 Å². The predicted molar refractivity (Wildman–Crippen MR) is 91.9 cm³/mol. The normalized spacial score (nSPS) is 11.1. The Morgan fingerprint density at radius 1 is 1.23 bits per heavy atom. The van der Waals surface area contributed by atoms with E-state index in [0.717, 1.165) is 26.5 Å². The Morgan fingerprint density at radius 2 is 2.05 bits per heavy atom. The number of nitrogens with one attached hydrogen (secondary N) is 2. The lowest BCUT2D eigenvalue weighted by atomic mass is 10.1. The van der Waals surface area contributed by atoms with E-state index in [1.807, 2.05) is 54.7 Å². The number of carbonyl (C=O) groups is 1. The first-order valence-corrected chi connectivity index (χ1v) is 7.64. The number of aromatic amines is 1. The minimum atomic E-state index is -0.136. The zero-order valence-electron chi connectivity index (χ0n) is 11.7. The van der Waals surface area contributed by atoms with Crippen LogP contribution in [0.25, 0.3) is 10.9 Å². The molecule has 1 amide bonds. The minimum Gasteiger partial charge on any atom is -0.361 e. The highest BCUT2D eigenvalue weighted by Gasteiger charge is 2.03. The molecule has 110 valence electrons. The fourth-order valence-electron chi connectivity index (χ4n) is 2.22. The lowest BCUT2D eigenvalue weighted by Gasteiger charge is -1.99. The Kier molecular flexibility index (Phi) is 4.34. The Morgan fingerprint density at radius 3 is 2.86 bits per heavy atom. The lowest BCUT2D eigenvalue weighted by Crippen LogP contribution is -2.19. The molecule has 0 unspecified atom stereocenters. The van der Waals surface area contributed by atoms with E-state index in [1.165, 1.54) is 0 Å². The first-order valence-electron chi connectivity index (χ1n) is 6.85. The number of hydrogen-bond acceptors (Lipinski definition) is 2. The molecule has 3 aromatic rings. The summed E-state index contributed by atoms with van der Waals surface area (Å²) in [6.07, 6.45) is 3.83. The Bertz CT molecular complexity index is 824. The molecule has 1 aromatic heterocycles. The maximum Gasteiger partial charge on any atom is 0.244 e. The molecule has 0 aliphatic heterocycles. The largest absolute Gasteiger partial charge is 0.361 e. The second-order valence-corrected chi connectivity index (χ2v) is 5.81. The molecule has 0 aliphatic carbocycles.